The first-order valence-corrected chi connectivity index (χ1v) is 2.99. The monoisotopic (exact) mass is 128 g/mol. The zero-order chi connectivity index (χ0) is 6.91. The van der Waals surface area contributed by atoms with Crippen molar-refractivity contribution < 1.29 is 9.90 Å². The van der Waals surface area contributed by atoms with Crippen LogP contribution in [0.4, 0.5) is 0 Å². The molecule has 0 aliphatic carbocycles. The maximum Gasteiger partial charge on any atom is 0.312 e. The smallest absolute Gasteiger partial charge is 0.312 e. The summed E-state index contributed by atoms with van der Waals surface area (Å²) < 4.78 is 0. The van der Waals surface area contributed by atoms with Gasteiger partial charge in [-0.2, -0.15) is 0 Å². The van der Waals surface area contributed by atoms with E-state index in [0.29, 0.717) is 19.5 Å². The van der Waals surface area contributed by atoms with Crippen LogP contribution in [0.25, 0.3) is 0 Å². The highest BCUT2D eigenvalue weighted by Gasteiger charge is 2.30. The molecule has 1 saturated heterocycles. The Morgan fingerprint density at radius 1 is 1.78 bits per heavy atom. The van der Waals surface area contributed by atoms with Crippen molar-refractivity contribution >= 4 is 6.41 Å². The molecule has 0 bridgehead atoms. The maximum absolute atomic E-state index is 9.98. The van der Waals surface area contributed by atoms with E-state index in [1.807, 2.05) is 0 Å². The number of rotatable bonds is 1. The van der Waals surface area contributed by atoms with Gasteiger partial charge in [-0.05, 0) is 13.3 Å². The molecule has 1 atom stereocenters. The summed E-state index contributed by atoms with van der Waals surface area (Å²) in [5, 5.41) is 9.28. The Morgan fingerprint density at radius 2 is 2.44 bits per heavy atom. The van der Waals surface area contributed by atoms with Crippen LogP contribution in [0.2, 0.25) is 0 Å². The molecule has 0 aromatic rings. The minimum Gasteiger partial charge on any atom is -0.388 e. The zero-order valence-electron chi connectivity index (χ0n) is 5.42. The Labute approximate surface area is 54.3 Å². The summed E-state index contributed by atoms with van der Waals surface area (Å²) in [6.07, 6.45) is 2.41. The van der Waals surface area contributed by atoms with E-state index >= 15 is 0 Å². The third-order valence-corrected chi connectivity index (χ3v) is 1.58. The quantitative estimate of drug-likeness (QED) is 0.517. The molecule has 0 aromatic heterocycles. The van der Waals surface area contributed by atoms with E-state index < -0.39 is 5.60 Å². The molecule has 1 aliphatic rings. The molecule has 3 nitrogen and oxygen atoms in total. The van der Waals surface area contributed by atoms with Gasteiger partial charge in [0.25, 0.3) is 0 Å². The number of carbonyl (C=O) groups excluding carboxylic acids is 1. The highest BCUT2D eigenvalue weighted by molar-refractivity contribution is 5.49. The number of amides is 1. The molecule has 1 amide bonds. The van der Waals surface area contributed by atoms with Crippen molar-refractivity contribution in [3.05, 3.63) is 0 Å². The number of nitrogens with zero attached hydrogens (tertiary/aromatic N) is 1. The van der Waals surface area contributed by atoms with Crippen LogP contribution in [-0.4, -0.2) is 35.1 Å². The van der Waals surface area contributed by atoms with Crippen LogP contribution < -0.4 is 0 Å². The predicted molar refractivity (Wildman–Crippen MR) is 32.5 cm³/mol. The molecule has 9 heavy (non-hydrogen) atoms. The predicted octanol–water partition coefficient (Wildman–Crippen LogP) is -0.490. The van der Waals surface area contributed by atoms with Crippen molar-refractivity contribution in [2.45, 2.75) is 18.9 Å². The zero-order valence-corrected chi connectivity index (χ0v) is 5.42. The maximum atomic E-state index is 9.98. The summed E-state index contributed by atoms with van der Waals surface area (Å²) in [7, 11) is 0. The van der Waals surface area contributed by atoms with Gasteiger partial charge in [-0.15, -0.1) is 0 Å². The molecule has 3 heteroatoms. The van der Waals surface area contributed by atoms with Gasteiger partial charge in [0.1, 0.15) is 0 Å². The van der Waals surface area contributed by atoms with Crippen molar-refractivity contribution in [1.29, 1.82) is 0 Å². The number of hydrogen-bond acceptors (Lipinski definition) is 2. The molecular formula is C6H10NO2. The third kappa shape index (κ3) is 1.42. The minimum absolute atomic E-state index is 0.427. The van der Waals surface area contributed by atoms with Crippen molar-refractivity contribution in [1.82, 2.24) is 4.90 Å². The van der Waals surface area contributed by atoms with Gasteiger partial charge in [0, 0.05) is 13.1 Å². The largest absolute Gasteiger partial charge is 0.388 e. The second-order valence-corrected chi connectivity index (χ2v) is 2.76. The first-order chi connectivity index (χ1) is 4.14. The number of β-amino-alcohol motifs (C(OH)–C–C–N with tert-alkyl or cyclic N) is 1. The van der Waals surface area contributed by atoms with E-state index in [-0.39, 0.29) is 0 Å². The molecule has 1 unspecified atom stereocenters. The second-order valence-electron chi connectivity index (χ2n) is 2.76. The van der Waals surface area contributed by atoms with E-state index in [0.717, 1.165) is 0 Å². The Kier molecular flexibility index (Phi) is 1.45. The highest BCUT2D eigenvalue weighted by Crippen LogP contribution is 2.17. The molecule has 0 aromatic carbocycles. The Hall–Kier alpha value is -0.570. The van der Waals surface area contributed by atoms with Gasteiger partial charge in [0.05, 0.1) is 5.60 Å². The van der Waals surface area contributed by atoms with Crippen LogP contribution in [0.1, 0.15) is 13.3 Å². The molecule has 1 fully saturated rings. The van der Waals surface area contributed by atoms with Crippen molar-refractivity contribution in [3.63, 3.8) is 0 Å². The first-order valence-electron chi connectivity index (χ1n) is 2.99. The topological polar surface area (TPSA) is 40.5 Å². The second kappa shape index (κ2) is 1.99. The molecule has 1 rings (SSSR count). The molecule has 1 N–H and O–H groups in total. The summed E-state index contributed by atoms with van der Waals surface area (Å²) in [5.74, 6) is 0. The summed E-state index contributed by atoms with van der Waals surface area (Å²) >= 11 is 0. The van der Waals surface area contributed by atoms with Crippen LogP contribution in [0.3, 0.4) is 0 Å². The van der Waals surface area contributed by atoms with Crippen LogP contribution in [0, 0.1) is 0 Å². The van der Waals surface area contributed by atoms with Gasteiger partial charge in [0.2, 0.25) is 0 Å². The van der Waals surface area contributed by atoms with Gasteiger partial charge < -0.3 is 10.0 Å². The lowest BCUT2D eigenvalue weighted by atomic mass is 10.1. The Bertz CT molecular complexity index is 122. The molecule has 1 radical (unpaired) electrons. The molecule has 0 saturated carbocycles. The molecular weight excluding hydrogens is 118 g/mol. The number of hydrogen-bond donors (Lipinski definition) is 1. The normalized spacial score (nSPS) is 35.1. The molecule has 1 aliphatic heterocycles. The van der Waals surface area contributed by atoms with Gasteiger partial charge in [-0.25, -0.2) is 0 Å². The molecule has 1 heterocycles. The van der Waals surface area contributed by atoms with Crippen LogP contribution in [0.5, 0.6) is 0 Å². The Balaban J connectivity index is 2.47. The first kappa shape index (κ1) is 6.55. The average Bonchev–Trinajstić information content (AvgIpc) is 2.10. The van der Waals surface area contributed by atoms with Crippen molar-refractivity contribution in [2.24, 2.45) is 0 Å². The summed E-state index contributed by atoms with van der Waals surface area (Å²) in [4.78, 5) is 11.4. The van der Waals surface area contributed by atoms with E-state index in [1.165, 1.54) is 4.90 Å². The summed E-state index contributed by atoms with van der Waals surface area (Å²) in [5.41, 5.74) is -0.669. The van der Waals surface area contributed by atoms with Crippen LogP contribution in [-0.2, 0) is 4.79 Å². The van der Waals surface area contributed by atoms with Crippen LogP contribution in [0.15, 0.2) is 0 Å². The lowest BCUT2D eigenvalue weighted by Crippen LogP contribution is -2.28. The summed E-state index contributed by atoms with van der Waals surface area (Å²) in [6, 6.07) is 0. The fourth-order valence-electron chi connectivity index (χ4n) is 1.02. The number of likely N-dealkylation sites (tertiary alicyclic amines) is 1. The summed E-state index contributed by atoms with van der Waals surface area (Å²) in [6.45, 7) is 2.79. The van der Waals surface area contributed by atoms with E-state index in [2.05, 4.69) is 0 Å². The molecule has 0 spiro atoms. The fourth-order valence-corrected chi connectivity index (χ4v) is 1.02. The van der Waals surface area contributed by atoms with Gasteiger partial charge in [-0.3, -0.25) is 4.79 Å². The number of aliphatic hydroxyl groups is 1. The fraction of sp³-hybridized carbons (Fsp3) is 0.833. The van der Waals surface area contributed by atoms with E-state index in [4.69, 9.17) is 0 Å². The van der Waals surface area contributed by atoms with Crippen LogP contribution >= 0.6 is 0 Å². The van der Waals surface area contributed by atoms with Gasteiger partial charge in [-0.1, -0.05) is 0 Å². The lowest BCUT2D eigenvalue weighted by molar-refractivity contribution is 0.0751. The molecule has 51 valence electrons. The van der Waals surface area contributed by atoms with Crippen molar-refractivity contribution in [2.75, 3.05) is 13.1 Å². The van der Waals surface area contributed by atoms with Gasteiger partial charge in [0.15, 0.2) is 0 Å². The minimum atomic E-state index is -0.669. The third-order valence-electron chi connectivity index (χ3n) is 1.58. The highest BCUT2D eigenvalue weighted by atomic mass is 16.3. The van der Waals surface area contributed by atoms with E-state index in [9.17, 15) is 9.90 Å². The van der Waals surface area contributed by atoms with Gasteiger partial charge >= 0.3 is 6.41 Å². The van der Waals surface area contributed by atoms with Crippen molar-refractivity contribution in [3.8, 4) is 0 Å². The van der Waals surface area contributed by atoms with E-state index in [1.54, 1.807) is 13.3 Å². The lowest BCUT2D eigenvalue weighted by Gasteiger charge is -2.13. The Morgan fingerprint density at radius 3 is 2.67 bits per heavy atom. The standard InChI is InChI=1S/C6H10NO2/c1-6(9)2-3-7(4-6)5-8/h9H,2-4H2,1H3. The average molecular weight is 128 g/mol. The SMILES string of the molecule is CC1(O)CCN([C]=O)C1.